The highest BCUT2D eigenvalue weighted by Crippen LogP contribution is 2.25. The van der Waals surface area contributed by atoms with Crippen LogP contribution in [0.5, 0.6) is 0 Å². The smallest absolute Gasteiger partial charge is 0.187 e. The van der Waals surface area contributed by atoms with Crippen LogP contribution in [0.1, 0.15) is 32.4 Å². The van der Waals surface area contributed by atoms with Crippen molar-refractivity contribution in [3.63, 3.8) is 0 Å². The van der Waals surface area contributed by atoms with Gasteiger partial charge in [0, 0.05) is 19.0 Å². The molecule has 0 aromatic carbocycles. The summed E-state index contributed by atoms with van der Waals surface area (Å²) in [6.07, 6.45) is 3.53. The Morgan fingerprint density at radius 1 is 1.44 bits per heavy atom. The lowest BCUT2D eigenvalue weighted by molar-refractivity contribution is -0.121. The summed E-state index contributed by atoms with van der Waals surface area (Å²) in [6.45, 7) is 4.86. The van der Waals surface area contributed by atoms with Crippen LogP contribution in [0.4, 0.5) is 10.2 Å². The predicted octanol–water partition coefficient (Wildman–Crippen LogP) is 1.98. The number of hydrogen-bond donors (Lipinski definition) is 0. The first-order chi connectivity index (χ1) is 8.63. The number of aryl methyl sites for hydroxylation is 1. The number of nitrogens with zero attached hydrogens (tertiary/aromatic N) is 3. The molecule has 0 unspecified atom stereocenters. The molecule has 5 heteroatoms. The highest BCUT2D eigenvalue weighted by Gasteiger charge is 2.25. The number of hydrogen-bond acceptors (Lipinski definition) is 4. The number of halogens is 1. The SMILES string of the molecule is CCc1ncnc(N2CCC(C(C)=O)CC2)c1F. The zero-order valence-corrected chi connectivity index (χ0v) is 10.8. The molecule has 0 saturated carbocycles. The molecule has 2 rings (SSSR count). The van der Waals surface area contributed by atoms with Gasteiger partial charge in [0.1, 0.15) is 12.1 Å². The van der Waals surface area contributed by atoms with Crippen molar-refractivity contribution < 1.29 is 9.18 Å². The van der Waals surface area contributed by atoms with Gasteiger partial charge < -0.3 is 4.90 Å². The van der Waals surface area contributed by atoms with Crippen molar-refractivity contribution in [2.45, 2.75) is 33.1 Å². The zero-order chi connectivity index (χ0) is 13.1. The number of carbonyl (C=O) groups is 1. The first-order valence-electron chi connectivity index (χ1n) is 6.38. The minimum absolute atomic E-state index is 0.122. The predicted molar refractivity (Wildman–Crippen MR) is 67.0 cm³/mol. The fourth-order valence-electron chi connectivity index (χ4n) is 2.36. The molecule has 1 saturated heterocycles. The van der Waals surface area contributed by atoms with Gasteiger partial charge in [0.15, 0.2) is 11.6 Å². The molecule has 1 aliphatic rings. The van der Waals surface area contributed by atoms with Crippen molar-refractivity contribution >= 4 is 11.6 Å². The minimum atomic E-state index is -0.318. The number of ketones is 1. The van der Waals surface area contributed by atoms with Crippen molar-refractivity contribution in [3.8, 4) is 0 Å². The molecule has 2 heterocycles. The van der Waals surface area contributed by atoms with Gasteiger partial charge >= 0.3 is 0 Å². The van der Waals surface area contributed by atoms with Gasteiger partial charge in [-0.05, 0) is 26.2 Å². The summed E-state index contributed by atoms with van der Waals surface area (Å²) in [6, 6.07) is 0. The largest absolute Gasteiger partial charge is 0.354 e. The third kappa shape index (κ3) is 2.49. The van der Waals surface area contributed by atoms with Crippen LogP contribution < -0.4 is 4.90 Å². The maximum absolute atomic E-state index is 14.1. The second-order valence-corrected chi connectivity index (χ2v) is 4.68. The van der Waals surface area contributed by atoms with E-state index < -0.39 is 0 Å². The van der Waals surface area contributed by atoms with Gasteiger partial charge in [0.25, 0.3) is 0 Å². The topological polar surface area (TPSA) is 46.1 Å². The van der Waals surface area contributed by atoms with Crippen LogP contribution >= 0.6 is 0 Å². The first kappa shape index (κ1) is 12.9. The van der Waals surface area contributed by atoms with Crippen LogP contribution in [0.15, 0.2) is 6.33 Å². The Morgan fingerprint density at radius 3 is 2.67 bits per heavy atom. The Labute approximate surface area is 106 Å². The van der Waals surface area contributed by atoms with Gasteiger partial charge in [-0.3, -0.25) is 4.79 Å². The van der Waals surface area contributed by atoms with Gasteiger partial charge in [-0.15, -0.1) is 0 Å². The van der Waals surface area contributed by atoms with E-state index in [9.17, 15) is 9.18 Å². The van der Waals surface area contributed by atoms with Crippen molar-refractivity contribution in [1.29, 1.82) is 0 Å². The molecule has 4 nitrogen and oxygen atoms in total. The second kappa shape index (κ2) is 5.42. The van der Waals surface area contributed by atoms with Crippen LogP contribution in [0.2, 0.25) is 0 Å². The van der Waals surface area contributed by atoms with Crippen LogP contribution in [0.25, 0.3) is 0 Å². The Balaban J connectivity index is 2.12. The fourth-order valence-corrected chi connectivity index (χ4v) is 2.36. The number of piperidine rings is 1. The molecule has 0 atom stereocenters. The molecule has 0 bridgehead atoms. The molecule has 1 fully saturated rings. The highest BCUT2D eigenvalue weighted by atomic mass is 19.1. The molecule has 0 N–H and O–H groups in total. The molecule has 1 aromatic heterocycles. The van der Waals surface area contributed by atoms with Gasteiger partial charge in [0.2, 0.25) is 0 Å². The summed E-state index contributed by atoms with van der Waals surface area (Å²) in [4.78, 5) is 21.2. The first-order valence-corrected chi connectivity index (χ1v) is 6.38. The normalized spacial score (nSPS) is 16.9. The van der Waals surface area contributed by atoms with E-state index in [1.54, 1.807) is 6.92 Å². The molecule has 98 valence electrons. The third-order valence-electron chi connectivity index (χ3n) is 3.55. The van der Waals surface area contributed by atoms with Crippen LogP contribution in [0, 0.1) is 11.7 Å². The summed E-state index contributed by atoms with van der Waals surface area (Å²) in [5.74, 6) is 0.411. The average molecular weight is 251 g/mol. The van der Waals surface area contributed by atoms with Crippen LogP contribution in [-0.2, 0) is 11.2 Å². The van der Waals surface area contributed by atoms with E-state index in [2.05, 4.69) is 9.97 Å². The fraction of sp³-hybridized carbons (Fsp3) is 0.615. The van der Waals surface area contributed by atoms with Crippen molar-refractivity contribution in [1.82, 2.24) is 9.97 Å². The van der Waals surface area contributed by atoms with E-state index in [0.717, 1.165) is 12.8 Å². The monoisotopic (exact) mass is 251 g/mol. The molecule has 0 spiro atoms. The molecule has 0 aliphatic carbocycles. The van der Waals surface area contributed by atoms with E-state index in [4.69, 9.17) is 0 Å². The van der Waals surface area contributed by atoms with E-state index >= 15 is 0 Å². The van der Waals surface area contributed by atoms with E-state index in [0.29, 0.717) is 31.0 Å². The number of anilines is 1. The molecule has 0 radical (unpaired) electrons. The molecule has 0 amide bonds. The Kier molecular flexibility index (Phi) is 3.89. The van der Waals surface area contributed by atoms with Crippen molar-refractivity contribution in [3.05, 3.63) is 17.8 Å². The lowest BCUT2D eigenvalue weighted by Crippen LogP contribution is -2.37. The van der Waals surface area contributed by atoms with E-state index in [-0.39, 0.29) is 17.5 Å². The number of carbonyl (C=O) groups excluding carboxylic acids is 1. The molecular formula is C13H18FN3O. The standard InChI is InChI=1S/C13H18FN3O/c1-3-11-12(14)13(16-8-15-11)17-6-4-10(5-7-17)9(2)18/h8,10H,3-7H2,1-2H3. The third-order valence-corrected chi connectivity index (χ3v) is 3.55. The quantitative estimate of drug-likeness (QED) is 0.824. The van der Waals surface area contributed by atoms with Crippen molar-refractivity contribution in [2.75, 3.05) is 18.0 Å². The Morgan fingerprint density at radius 2 is 2.11 bits per heavy atom. The zero-order valence-electron chi connectivity index (χ0n) is 10.8. The van der Waals surface area contributed by atoms with Gasteiger partial charge in [0.05, 0.1) is 5.69 Å². The molecule has 1 aliphatic heterocycles. The van der Waals surface area contributed by atoms with Gasteiger partial charge in [-0.25, -0.2) is 14.4 Å². The summed E-state index contributed by atoms with van der Waals surface area (Å²) in [7, 11) is 0. The number of aromatic nitrogens is 2. The van der Waals surface area contributed by atoms with Gasteiger partial charge in [-0.2, -0.15) is 0 Å². The average Bonchev–Trinajstić information content (AvgIpc) is 2.39. The molecule has 1 aromatic rings. The summed E-state index contributed by atoms with van der Waals surface area (Å²) >= 11 is 0. The summed E-state index contributed by atoms with van der Waals surface area (Å²) in [5.41, 5.74) is 0.452. The molecular weight excluding hydrogens is 233 g/mol. The molecule has 18 heavy (non-hydrogen) atoms. The van der Waals surface area contributed by atoms with Gasteiger partial charge in [-0.1, -0.05) is 6.92 Å². The minimum Gasteiger partial charge on any atom is -0.354 e. The Bertz CT molecular complexity index is 442. The Hall–Kier alpha value is -1.52. The summed E-state index contributed by atoms with van der Waals surface area (Å²) < 4.78 is 14.1. The van der Waals surface area contributed by atoms with E-state index in [1.165, 1.54) is 6.33 Å². The van der Waals surface area contributed by atoms with Crippen LogP contribution in [-0.4, -0.2) is 28.8 Å². The second-order valence-electron chi connectivity index (χ2n) is 4.68. The lowest BCUT2D eigenvalue weighted by Gasteiger charge is -2.31. The van der Waals surface area contributed by atoms with Crippen LogP contribution in [0.3, 0.4) is 0 Å². The number of rotatable bonds is 3. The lowest BCUT2D eigenvalue weighted by atomic mass is 9.93. The maximum atomic E-state index is 14.1. The van der Waals surface area contributed by atoms with E-state index in [1.807, 2.05) is 11.8 Å². The van der Waals surface area contributed by atoms with Crippen molar-refractivity contribution in [2.24, 2.45) is 5.92 Å². The maximum Gasteiger partial charge on any atom is 0.187 e. The summed E-state index contributed by atoms with van der Waals surface area (Å²) in [5, 5.41) is 0. The number of Topliss-reactive ketones (excluding diaryl/α,β-unsaturated/α-hetero) is 1. The highest BCUT2D eigenvalue weighted by molar-refractivity contribution is 5.78.